The van der Waals surface area contributed by atoms with Crippen LogP contribution in [-0.2, 0) is 0 Å². The highest BCUT2D eigenvalue weighted by Crippen LogP contribution is 2.23. The van der Waals surface area contributed by atoms with Crippen LogP contribution in [0.3, 0.4) is 0 Å². The molecule has 0 aromatic heterocycles. The fourth-order valence-electron chi connectivity index (χ4n) is 2.10. The van der Waals surface area contributed by atoms with Crippen molar-refractivity contribution in [2.24, 2.45) is 0 Å². The van der Waals surface area contributed by atoms with E-state index in [1.807, 2.05) is 6.07 Å². The molecule has 0 saturated heterocycles. The van der Waals surface area contributed by atoms with E-state index in [0.29, 0.717) is 0 Å². The van der Waals surface area contributed by atoms with Crippen LogP contribution in [0, 0.1) is 0 Å². The van der Waals surface area contributed by atoms with Crippen LogP contribution in [0.25, 0.3) is 10.7 Å². The van der Waals surface area contributed by atoms with Crippen LogP contribution in [0.4, 0.5) is 5.69 Å². The van der Waals surface area contributed by atoms with E-state index in [0.717, 1.165) is 11.2 Å². The van der Waals surface area contributed by atoms with E-state index in [-0.39, 0.29) is 0 Å². The van der Waals surface area contributed by atoms with Gasteiger partial charge in [0.05, 0.1) is 4.61 Å². The topological polar surface area (TPSA) is 3.24 Å². The minimum Gasteiger partial charge on any atom is -0.331 e. The van der Waals surface area contributed by atoms with Gasteiger partial charge in [-0.1, -0.05) is 48.5 Å². The summed E-state index contributed by atoms with van der Waals surface area (Å²) in [6.07, 6.45) is 2.26. The number of para-hydroxylation sites is 1. The molecule has 84 valence electrons. The Morgan fingerprint density at radius 2 is 1.59 bits per heavy atom. The molecule has 0 atom stereocenters. The Morgan fingerprint density at radius 3 is 2.41 bits per heavy atom. The Bertz CT molecular complexity index is 646. The van der Waals surface area contributed by atoms with E-state index in [2.05, 4.69) is 75.4 Å². The van der Waals surface area contributed by atoms with Crippen molar-refractivity contribution in [1.29, 1.82) is 0 Å². The fourth-order valence-corrected chi connectivity index (χ4v) is 2.82. The van der Waals surface area contributed by atoms with E-state index >= 15 is 0 Å². The Morgan fingerprint density at radius 1 is 0.882 bits per heavy atom. The quantitative estimate of drug-likeness (QED) is 0.728. The molecule has 2 heteroatoms. The molecular weight excluding hydrogens is 274 g/mol. The molecule has 0 aliphatic carbocycles. The minimum absolute atomic E-state index is 0.904. The standard InChI is InChI=1S/C15H12BrN/c16-15-14-9-5-4-6-12(14)10-11-17(15)13-7-2-1-3-8-13/h1-10H,11H2. The van der Waals surface area contributed by atoms with Crippen LogP contribution < -0.4 is 15.3 Å². The van der Waals surface area contributed by atoms with Crippen LogP contribution in [0.5, 0.6) is 0 Å². The van der Waals surface area contributed by atoms with Gasteiger partial charge in [0, 0.05) is 17.5 Å². The van der Waals surface area contributed by atoms with Gasteiger partial charge in [-0.3, -0.25) is 0 Å². The molecule has 0 saturated carbocycles. The maximum Gasteiger partial charge on any atom is 0.0932 e. The van der Waals surface area contributed by atoms with Gasteiger partial charge in [-0.05, 0) is 33.3 Å². The number of nitrogens with zero attached hydrogens (tertiary/aromatic N) is 1. The molecule has 0 unspecified atom stereocenters. The summed E-state index contributed by atoms with van der Waals surface area (Å²) in [5.74, 6) is 0. The van der Waals surface area contributed by atoms with Gasteiger partial charge in [0.15, 0.2) is 0 Å². The van der Waals surface area contributed by atoms with Crippen LogP contribution in [0.1, 0.15) is 0 Å². The van der Waals surface area contributed by atoms with E-state index in [1.165, 1.54) is 16.1 Å². The number of hydrogen-bond donors (Lipinski definition) is 0. The van der Waals surface area contributed by atoms with E-state index in [9.17, 15) is 0 Å². The molecule has 0 amide bonds. The Kier molecular flexibility index (Phi) is 2.73. The Hall–Kier alpha value is -1.54. The van der Waals surface area contributed by atoms with Crippen molar-refractivity contribution < 1.29 is 0 Å². The van der Waals surface area contributed by atoms with Crippen molar-refractivity contribution in [3.05, 3.63) is 65.0 Å². The predicted octanol–water partition coefficient (Wildman–Crippen LogP) is 2.45. The van der Waals surface area contributed by atoms with Crippen LogP contribution >= 0.6 is 15.9 Å². The molecule has 0 bridgehead atoms. The van der Waals surface area contributed by atoms with Gasteiger partial charge < -0.3 is 4.90 Å². The average molecular weight is 286 g/mol. The lowest BCUT2D eigenvalue weighted by Crippen LogP contribution is -2.38. The smallest absolute Gasteiger partial charge is 0.0932 e. The number of rotatable bonds is 1. The highest BCUT2D eigenvalue weighted by atomic mass is 79.9. The van der Waals surface area contributed by atoms with Gasteiger partial charge in [0.1, 0.15) is 0 Å². The zero-order valence-corrected chi connectivity index (χ0v) is 10.9. The zero-order valence-electron chi connectivity index (χ0n) is 9.31. The average Bonchev–Trinajstić information content (AvgIpc) is 2.40. The second kappa shape index (κ2) is 4.38. The normalized spacial score (nSPS) is 14.2. The molecular formula is C15H12BrN. The van der Waals surface area contributed by atoms with Crippen molar-refractivity contribution in [3.63, 3.8) is 0 Å². The van der Waals surface area contributed by atoms with E-state index in [4.69, 9.17) is 0 Å². The molecule has 1 heterocycles. The molecule has 0 radical (unpaired) electrons. The van der Waals surface area contributed by atoms with E-state index < -0.39 is 0 Å². The first-order chi connectivity index (χ1) is 8.36. The molecule has 3 rings (SSSR count). The lowest BCUT2D eigenvalue weighted by molar-refractivity contribution is 1.14. The number of anilines is 1. The third-order valence-electron chi connectivity index (χ3n) is 2.98. The predicted molar refractivity (Wildman–Crippen MR) is 76.3 cm³/mol. The van der Waals surface area contributed by atoms with E-state index in [1.54, 1.807) is 0 Å². The van der Waals surface area contributed by atoms with Crippen molar-refractivity contribution in [1.82, 2.24) is 0 Å². The summed E-state index contributed by atoms with van der Waals surface area (Å²) in [7, 11) is 0. The first kappa shape index (κ1) is 10.6. The summed E-state index contributed by atoms with van der Waals surface area (Å²) in [5, 5.41) is 2.55. The van der Waals surface area contributed by atoms with Crippen LogP contribution in [0.2, 0.25) is 0 Å². The summed E-state index contributed by atoms with van der Waals surface area (Å²) in [5.41, 5.74) is 1.21. The molecule has 0 N–H and O–H groups in total. The summed E-state index contributed by atoms with van der Waals surface area (Å²) >= 11 is 3.71. The zero-order chi connectivity index (χ0) is 11.7. The largest absolute Gasteiger partial charge is 0.331 e. The first-order valence-corrected chi connectivity index (χ1v) is 6.43. The van der Waals surface area contributed by atoms with Crippen molar-refractivity contribution in [2.75, 3.05) is 11.4 Å². The number of hydrogen-bond acceptors (Lipinski definition) is 1. The lowest BCUT2D eigenvalue weighted by Gasteiger charge is -2.25. The number of benzene rings is 2. The molecule has 0 fully saturated rings. The van der Waals surface area contributed by atoms with Crippen LogP contribution in [0.15, 0.2) is 54.6 Å². The monoisotopic (exact) mass is 285 g/mol. The van der Waals surface area contributed by atoms with Gasteiger partial charge in [-0.25, -0.2) is 0 Å². The maximum atomic E-state index is 3.71. The Balaban J connectivity index is 2.17. The van der Waals surface area contributed by atoms with Gasteiger partial charge in [0.25, 0.3) is 0 Å². The molecule has 0 spiro atoms. The third kappa shape index (κ3) is 1.89. The van der Waals surface area contributed by atoms with Gasteiger partial charge in [-0.15, -0.1) is 0 Å². The second-order valence-corrected chi connectivity index (χ2v) is 4.78. The highest BCUT2D eigenvalue weighted by Gasteiger charge is 2.12. The second-order valence-electron chi connectivity index (χ2n) is 4.03. The minimum atomic E-state index is 0.904. The van der Waals surface area contributed by atoms with Gasteiger partial charge >= 0.3 is 0 Å². The third-order valence-corrected chi connectivity index (χ3v) is 3.84. The summed E-state index contributed by atoms with van der Waals surface area (Å²) in [6, 6.07) is 18.9. The molecule has 2 aromatic carbocycles. The number of halogens is 1. The van der Waals surface area contributed by atoms with Crippen molar-refractivity contribution in [2.45, 2.75) is 0 Å². The molecule has 1 nitrogen and oxygen atoms in total. The SMILES string of the molecule is BrC1=c2ccccc2=CCN1c1ccccc1. The van der Waals surface area contributed by atoms with Crippen LogP contribution in [-0.4, -0.2) is 6.54 Å². The molecule has 1 aliphatic rings. The highest BCUT2D eigenvalue weighted by molar-refractivity contribution is 9.15. The number of fused-ring (bicyclic) bond motifs is 1. The lowest BCUT2D eigenvalue weighted by atomic mass is 10.2. The summed E-state index contributed by atoms with van der Waals surface area (Å²) in [4.78, 5) is 2.27. The first-order valence-electron chi connectivity index (χ1n) is 5.64. The van der Waals surface area contributed by atoms with Crippen molar-refractivity contribution in [3.8, 4) is 0 Å². The summed E-state index contributed by atoms with van der Waals surface area (Å²) in [6.45, 7) is 0.904. The van der Waals surface area contributed by atoms with Gasteiger partial charge in [0.2, 0.25) is 0 Å². The molecule has 1 aliphatic heterocycles. The van der Waals surface area contributed by atoms with Crippen molar-refractivity contribution >= 4 is 32.3 Å². The Labute approximate surface area is 109 Å². The molecule has 2 aromatic rings. The fraction of sp³-hybridized carbons (Fsp3) is 0.0667. The maximum absolute atomic E-state index is 3.71. The van der Waals surface area contributed by atoms with Gasteiger partial charge in [-0.2, -0.15) is 0 Å². The summed E-state index contributed by atoms with van der Waals surface area (Å²) < 4.78 is 1.14. The molecule has 17 heavy (non-hydrogen) atoms.